The van der Waals surface area contributed by atoms with Gasteiger partial charge in [0.2, 0.25) is 5.91 Å². The second kappa shape index (κ2) is 7.82. The van der Waals surface area contributed by atoms with Crippen LogP contribution in [-0.2, 0) is 19.1 Å². The van der Waals surface area contributed by atoms with Crippen LogP contribution in [0.4, 0.5) is 0 Å². The third-order valence-corrected chi connectivity index (χ3v) is 6.58. The molecule has 2 unspecified atom stereocenters. The van der Waals surface area contributed by atoms with Crippen LogP contribution >= 0.6 is 0 Å². The van der Waals surface area contributed by atoms with E-state index in [0.717, 1.165) is 22.3 Å². The summed E-state index contributed by atoms with van der Waals surface area (Å²) in [5.74, 6) is -2.11. The van der Waals surface area contributed by atoms with E-state index in [1.807, 2.05) is 55.5 Å². The second-order valence-corrected chi connectivity index (χ2v) is 8.79. The topological polar surface area (TPSA) is 86.5 Å². The van der Waals surface area contributed by atoms with Crippen molar-refractivity contribution in [1.82, 2.24) is 0 Å². The molecule has 144 valence electrons. The van der Waals surface area contributed by atoms with Crippen LogP contribution < -0.4 is 5.73 Å². The molecule has 0 radical (unpaired) electrons. The molecule has 3 rings (SSSR count). The van der Waals surface area contributed by atoms with Gasteiger partial charge in [0, 0.05) is 5.92 Å². The van der Waals surface area contributed by atoms with Crippen LogP contribution in [0.3, 0.4) is 0 Å². The van der Waals surface area contributed by atoms with Crippen LogP contribution in [-0.4, -0.2) is 26.7 Å². The summed E-state index contributed by atoms with van der Waals surface area (Å²) in [7, 11) is -3.71. The largest absolute Gasteiger partial charge is 0.369 e. The van der Waals surface area contributed by atoms with E-state index in [0.29, 0.717) is 6.42 Å². The van der Waals surface area contributed by atoms with Crippen molar-refractivity contribution in [2.24, 2.45) is 17.6 Å². The number of hydrogen-bond donors (Lipinski definition) is 1. The standard InChI is InChI=1S/C21H25NO4S/c1-3-12-26-27(24,25)13-14(2)19(21(22)23)20-17-10-6-4-8-15(17)16-9-5-7-11-18(16)20/h4-11,14,19-20H,3,12-13H2,1-2H3,(H2,22,23). The summed E-state index contributed by atoms with van der Waals surface area (Å²) in [6, 6.07) is 15.8. The van der Waals surface area contributed by atoms with Crippen molar-refractivity contribution >= 4 is 16.0 Å². The zero-order valence-electron chi connectivity index (χ0n) is 15.6. The minimum Gasteiger partial charge on any atom is -0.369 e. The summed E-state index contributed by atoms with van der Waals surface area (Å²) in [6.07, 6.45) is 0.607. The third-order valence-electron chi connectivity index (χ3n) is 5.12. The normalized spacial score (nSPS) is 15.8. The van der Waals surface area contributed by atoms with Crippen LogP contribution in [0, 0.1) is 11.8 Å². The second-order valence-electron chi connectivity index (χ2n) is 7.10. The van der Waals surface area contributed by atoms with Gasteiger partial charge in [-0.05, 0) is 34.6 Å². The highest BCUT2D eigenvalue weighted by molar-refractivity contribution is 7.86. The van der Waals surface area contributed by atoms with Gasteiger partial charge in [0.1, 0.15) is 0 Å². The molecule has 0 aliphatic heterocycles. The van der Waals surface area contributed by atoms with Gasteiger partial charge in [0.25, 0.3) is 10.1 Å². The molecular weight excluding hydrogens is 362 g/mol. The predicted molar refractivity (Wildman–Crippen MR) is 106 cm³/mol. The van der Waals surface area contributed by atoms with Crippen molar-refractivity contribution in [3.8, 4) is 11.1 Å². The first-order valence-electron chi connectivity index (χ1n) is 9.20. The van der Waals surface area contributed by atoms with Crippen molar-refractivity contribution < 1.29 is 17.4 Å². The summed E-state index contributed by atoms with van der Waals surface area (Å²) < 4.78 is 29.5. The van der Waals surface area contributed by atoms with Gasteiger partial charge in [-0.2, -0.15) is 8.42 Å². The number of rotatable bonds is 8. The molecule has 2 atom stereocenters. The molecule has 0 saturated heterocycles. The lowest BCUT2D eigenvalue weighted by Gasteiger charge is -2.28. The molecule has 2 N–H and O–H groups in total. The lowest BCUT2D eigenvalue weighted by atomic mass is 9.77. The Labute approximate surface area is 160 Å². The first-order chi connectivity index (χ1) is 12.9. The average molecular weight is 388 g/mol. The summed E-state index contributed by atoms with van der Waals surface area (Å²) in [4.78, 5) is 12.4. The van der Waals surface area contributed by atoms with E-state index in [2.05, 4.69) is 0 Å². The Hall–Kier alpha value is -2.18. The SMILES string of the molecule is CCCOS(=O)(=O)CC(C)C(C(N)=O)C1c2ccccc2-c2ccccc21. The Balaban J connectivity index is 1.99. The molecule has 1 amide bonds. The molecule has 2 aromatic carbocycles. The van der Waals surface area contributed by atoms with Crippen LogP contribution in [0.5, 0.6) is 0 Å². The maximum Gasteiger partial charge on any atom is 0.267 e. The number of primary amides is 1. The molecule has 0 fully saturated rings. The van der Waals surface area contributed by atoms with Crippen LogP contribution in [0.1, 0.15) is 37.3 Å². The van der Waals surface area contributed by atoms with Crippen molar-refractivity contribution in [3.05, 3.63) is 59.7 Å². The fourth-order valence-electron chi connectivity index (χ4n) is 4.04. The van der Waals surface area contributed by atoms with Crippen molar-refractivity contribution in [1.29, 1.82) is 0 Å². The zero-order chi connectivity index (χ0) is 19.6. The number of amides is 1. The lowest BCUT2D eigenvalue weighted by molar-refractivity contribution is -0.123. The third kappa shape index (κ3) is 3.92. The van der Waals surface area contributed by atoms with Gasteiger partial charge in [0.05, 0.1) is 18.3 Å². The highest BCUT2D eigenvalue weighted by Crippen LogP contribution is 2.49. The van der Waals surface area contributed by atoms with E-state index in [4.69, 9.17) is 9.92 Å². The maximum atomic E-state index is 12.4. The molecular formula is C21H25NO4S. The van der Waals surface area contributed by atoms with Crippen molar-refractivity contribution in [3.63, 3.8) is 0 Å². The van der Waals surface area contributed by atoms with Crippen molar-refractivity contribution in [2.75, 3.05) is 12.4 Å². The Morgan fingerprint density at radius 1 is 1.07 bits per heavy atom. The fraction of sp³-hybridized carbons (Fsp3) is 0.381. The van der Waals surface area contributed by atoms with E-state index in [9.17, 15) is 13.2 Å². The van der Waals surface area contributed by atoms with E-state index < -0.39 is 27.9 Å². The van der Waals surface area contributed by atoms with Gasteiger partial charge in [-0.1, -0.05) is 62.4 Å². The minimum atomic E-state index is -3.71. The van der Waals surface area contributed by atoms with E-state index >= 15 is 0 Å². The Bertz CT molecular complexity index is 893. The monoisotopic (exact) mass is 387 g/mol. The van der Waals surface area contributed by atoms with Crippen molar-refractivity contribution in [2.45, 2.75) is 26.2 Å². The molecule has 5 nitrogen and oxygen atoms in total. The molecule has 0 heterocycles. The number of nitrogens with two attached hydrogens (primary N) is 1. The predicted octanol–water partition coefficient (Wildman–Crippen LogP) is 3.29. The van der Waals surface area contributed by atoms with Gasteiger partial charge < -0.3 is 5.73 Å². The van der Waals surface area contributed by atoms with Gasteiger partial charge in [-0.25, -0.2) is 0 Å². The molecule has 27 heavy (non-hydrogen) atoms. The molecule has 2 aromatic rings. The maximum absolute atomic E-state index is 12.4. The molecule has 0 spiro atoms. The summed E-state index contributed by atoms with van der Waals surface area (Å²) in [6.45, 7) is 3.74. The smallest absolute Gasteiger partial charge is 0.267 e. The lowest BCUT2D eigenvalue weighted by Crippen LogP contribution is -2.37. The average Bonchev–Trinajstić information content (AvgIpc) is 2.95. The summed E-state index contributed by atoms with van der Waals surface area (Å²) in [5.41, 5.74) is 9.95. The highest BCUT2D eigenvalue weighted by atomic mass is 32.2. The Morgan fingerprint density at radius 3 is 2.07 bits per heavy atom. The number of carbonyl (C=O) groups excluding carboxylic acids is 1. The minimum absolute atomic E-state index is 0.144. The molecule has 0 saturated carbocycles. The van der Waals surface area contributed by atoms with Crippen LogP contribution in [0.25, 0.3) is 11.1 Å². The fourth-order valence-corrected chi connectivity index (χ4v) is 5.41. The number of hydrogen-bond acceptors (Lipinski definition) is 4. The van der Waals surface area contributed by atoms with E-state index in [-0.39, 0.29) is 18.3 Å². The van der Waals surface area contributed by atoms with E-state index in [1.165, 1.54) is 0 Å². The van der Waals surface area contributed by atoms with Crippen LogP contribution in [0.2, 0.25) is 0 Å². The van der Waals surface area contributed by atoms with Gasteiger partial charge in [-0.3, -0.25) is 8.98 Å². The van der Waals surface area contributed by atoms with E-state index in [1.54, 1.807) is 6.92 Å². The number of carbonyl (C=O) groups is 1. The Morgan fingerprint density at radius 2 is 1.59 bits per heavy atom. The summed E-state index contributed by atoms with van der Waals surface area (Å²) in [5, 5.41) is 0. The highest BCUT2D eigenvalue weighted by Gasteiger charge is 2.41. The van der Waals surface area contributed by atoms with Gasteiger partial charge in [0.15, 0.2) is 0 Å². The Kier molecular flexibility index (Phi) is 5.67. The quantitative estimate of drug-likeness (QED) is 0.704. The number of benzene rings is 2. The molecule has 1 aliphatic carbocycles. The molecule has 1 aliphatic rings. The zero-order valence-corrected chi connectivity index (χ0v) is 16.4. The summed E-state index contributed by atoms with van der Waals surface area (Å²) >= 11 is 0. The van der Waals surface area contributed by atoms with Gasteiger partial charge in [-0.15, -0.1) is 0 Å². The van der Waals surface area contributed by atoms with Gasteiger partial charge >= 0.3 is 0 Å². The first kappa shape index (κ1) is 19.6. The molecule has 0 bridgehead atoms. The molecule has 6 heteroatoms. The van der Waals surface area contributed by atoms with Crippen LogP contribution in [0.15, 0.2) is 48.5 Å². The number of fused-ring (bicyclic) bond motifs is 3. The molecule has 0 aromatic heterocycles. The first-order valence-corrected chi connectivity index (χ1v) is 10.8.